The third-order valence-corrected chi connectivity index (χ3v) is 8.80. The second kappa shape index (κ2) is 8.28. The lowest BCUT2D eigenvalue weighted by Crippen LogP contribution is -2.44. The molecule has 3 aromatic rings. The van der Waals surface area contributed by atoms with Crippen LogP contribution in [0.25, 0.3) is 10.9 Å². The summed E-state index contributed by atoms with van der Waals surface area (Å²) in [5, 5.41) is 0.967. The molecule has 2 saturated heterocycles. The molecule has 2 aromatic carbocycles. The number of carbonyl (C=O) groups is 1. The number of nitrogens with one attached hydrogen (secondary N) is 1. The van der Waals surface area contributed by atoms with Crippen molar-refractivity contribution in [3.63, 3.8) is 0 Å². The van der Waals surface area contributed by atoms with Gasteiger partial charge in [0.05, 0.1) is 5.56 Å². The molecule has 1 aliphatic carbocycles. The fraction of sp³-hybridized carbons (Fsp3) is 0.452. The van der Waals surface area contributed by atoms with Crippen LogP contribution in [0.15, 0.2) is 30.3 Å². The summed E-state index contributed by atoms with van der Waals surface area (Å²) in [6.07, 6.45) is 11.7. The van der Waals surface area contributed by atoms with Gasteiger partial charge in [0.2, 0.25) is 0 Å². The summed E-state index contributed by atoms with van der Waals surface area (Å²) in [4.78, 5) is 22.8. The molecule has 1 N–H and O–H groups in total. The molecule has 0 bridgehead atoms. The molecule has 3 heterocycles. The number of terminal acetylenes is 1. The van der Waals surface area contributed by atoms with E-state index in [2.05, 4.69) is 53.6 Å². The van der Waals surface area contributed by atoms with Crippen molar-refractivity contribution in [3.05, 3.63) is 63.8 Å². The Morgan fingerprint density at radius 3 is 2.51 bits per heavy atom. The number of nitrogens with zero attached hydrogens (tertiary/aromatic N) is 2. The van der Waals surface area contributed by atoms with Crippen molar-refractivity contribution in [2.75, 3.05) is 31.1 Å². The minimum atomic E-state index is -0.303. The first-order valence-corrected chi connectivity index (χ1v) is 13.3. The van der Waals surface area contributed by atoms with E-state index in [1.165, 1.54) is 50.0 Å². The maximum absolute atomic E-state index is 13.9. The van der Waals surface area contributed by atoms with Gasteiger partial charge in [-0.1, -0.05) is 32.8 Å². The predicted octanol–water partition coefficient (Wildman–Crippen LogP) is 5.65. The van der Waals surface area contributed by atoms with Gasteiger partial charge in [-0.3, -0.25) is 4.79 Å². The number of aromatic nitrogens is 1. The number of hydrogen-bond donors (Lipinski definition) is 1. The summed E-state index contributed by atoms with van der Waals surface area (Å²) in [5.74, 6) is 2.84. The number of anilines is 1. The Balaban J connectivity index is 1.40. The van der Waals surface area contributed by atoms with Gasteiger partial charge in [-0.25, -0.2) is 0 Å². The normalized spacial score (nSPS) is 20.2. The highest BCUT2D eigenvalue weighted by atomic mass is 16.1. The fourth-order valence-electron chi connectivity index (χ4n) is 6.76. The van der Waals surface area contributed by atoms with Crippen molar-refractivity contribution >= 4 is 22.4 Å². The Labute approximate surface area is 208 Å². The summed E-state index contributed by atoms with van der Waals surface area (Å²) in [6, 6.07) is 11.2. The largest absolute Gasteiger partial charge is 0.371 e. The number of rotatable bonds is 3. The number of carbonyl (C=O) groups excluding carboxylic acids is 1. The van der Waals surface area contributed by atoms with Gasteiger partial charge in [0.15, 0.2) is 5.78 Å². The molecule has 3 aliphatic rings. The Hall–Kier alpha value is -3.03. The van der Waals surface area contributed by atoms with Gasteiger partial charge in [0.25, 0.3) is 0 Å². The number of fused-ring (bicyclic) bond motifs is 4. The summed E-state index contributed by atoms with van der Waals surface area (Å²) in [6.45, 7) is 11.4. The van der Waals surface area contributed by atoms with Crippen LogP contribution in [-0.4, -0.2) is 47.9 Å². The van der Waals surface area contributed by atoms with Crippen LogP contribution in [0.4, 0.5) is 5.69 Å². The molecule has 0 amide bonds. The van der Waals surface area contributed by atoms with Crippen LogP contribution in [0, 0.1) is 12.3 Å². The predicted molar refractivity (Wildman–Crippen MR) is 144 cm³/mol. The van der Waals surface area contributed by atoms with Crippen LogP contribution in [0.3, 0.4) is 0 Å². The van der Waals surface area contributed by atoms with E-state index in [1.807, 2.05) is 18.2 Å². The first kappa shape index (κ1) is 22.4. The third kappa shape index (κ3) is 3.44. The highest BCUT2D eigenvalue weighted by molar-refractivity contribution is 6.20. The smallest absolute Gasteiger partial charge is 0.195 e. The number of benzene rings is 2. The number of aromatic amines is 1. The van der Waals surface area contributed by atoms with Gasteiger partial charge >= 0.3 is 0 Å². The van der Waals surface area contributed by atoms with E-state index in [4.69, 9.17) is 6.42 Å². The standard InChI is InChI=1S/C31H35N3O/c1-5-20-9-10-23-26(17-20)32-30-28(23)29(35)24-18-21(6-2)27(19-25(24)31(30,3)4)34-15-11-22(12-16-34)33-13-7-8-14-33/h1,9-10,17-19,22,32H,6-8,11-16H2,2-4H3. The first-order valence-electron chi connectivity index (χ1n) is 13.3. The molecule has 0 spiro atoms. The number of H-pyrrole nitrogens is 1. The van der Waals surface area contributed by atoms with Gasteiger partial charge in [-0.2, -0.15) is 0 Å². The van der Waals surface area contributed by atoms with Crippen LogP contribution in [0.5, 0.6) is 0 Å². The minimum Gasteiger partial charge on any atom is -0.371 e. The van der Waals surface area contributed by atoms with Crippen LogP contribution in [0.2, 0.25) is 0 Å². The molecule has 180 valence electrons. The number of ketones is 1. The highest BCUT2D eigenvalue weighted by Gasteiger charge is 2.40. The Bertz CT molecular complexity index is 1360. The van der Waals surface area contributed by atoms with E-state index in [0.717, 1.165) is 64.4 Å². The van der Waals surface area contributed by atoms with Crippen molar-refractivity contribution in [1.82, 2.24) is 9.88 Å². The second-order valence-electron chi connectivity index (χ2n) is 11.1. The summed E-state index contributed by atoms with van der Waals surface area (Å²) >= 11 is 0. The lowest BCUT2D eigenvalue weighted by molar-refractivity contribution is 0.103. The average Bonchev–Trinajstić information content (AvgIpc) is 3.55. The maximum Gasteiger partial charge on any atom is 0.195 e. The van der Waals surface area contributed by atoms with Crippen LogP contribution in [-0.2, 0) is 11.8 Å². The number of piperidine rings is 1. The first-order chi connectivity index (χ1) is 16.9. The molecule has 0 atom stereocenters. The zero-order valence-electron chi connectivity index (χ0n) is 21.2. The van der Waals surface area contributed by atoms with E-state index in [9.17, 15) is 4.79 Å². The average molecular weight is 466 g/mol. The maximum atomic E-state index is 13.9. The Morgan fingerprint density at radius 1 is 1.09 bits per heavy atom. The summed E-state index contributed by atoms with van der Waals surface area (Å²) in [5.41, 5.74) is 7.87. The molecular weight excluding hydrogens is 430 g/mol. The lowest BCUT2D eigenvalue weighted by Gasteiger charge is -2.40. The number of aryl methyl sites for hydroxylation is 1. The number of likely N-dealkylation sites (tertiary alicyclic amines) is 1. The van der Waals surface area contributed by atoms with E-state index in [1.54, 1.807) is 0 Å². The fourth-order valence-corrected chi connectivity index (χ4v) is 6.76. The van der Waals surface area contributed by atoms with Crippen molar-refractivity contribution in [1.29, 1.82) is 0 Å². The SMILES string of the molecule is C#Cc1ccc2c3c([nH]c2c1)C(C)(C)c1cc(N2CCC(N4CCCC4)CC2)c(CC)cc1C3=O. The van der Waals surface area contributed by atoms with E-state index >= 15 is 0 Å². The van der Waals surface area contributed by atoms with Crippen LogP contribution in [0.1, 0.15) is 84.8 Å². The van der Waals surface area contributed by atoms with Gasteiger partial charge in [-0.05, 0) is 80.6 Å². The van der Waals surface area contributed by atoms with Gasteiger partial charge in [0.1, 0.15) is 0 Å². The van der Waals surface area contributed by atoms with Crippen molar-refractivity contribution < 1.29 is 4.79 Å². The monoisotopic (exact) mass is 465 g/mol. The number of hydrogen-bond acceptors (Lipinski definition) is 3. The van der Waals surface area contributed by atoms with E-state index in [0.29, 0.717) is 0 Å². The van der Waals surface area contributed by atoms with Crippen molar-refractivity contribution in [2.24, 2.45) is 0 Å². The highest BCUT2D eigenvalue weighted by Crippen LogP contribution is 2.46. The molecule has 35 heavy (non-hydrogen) atoms. The molecule has 4 heteroatoms. The molecule has 0 radical (unpaired) electrons. The Morgan fingerprint density at radius 2 is 1.83 bits per heavy atom. The molecule has 1 aromatic heterocycles. The summed E-state index contributed by atoms with van der Waals surface area (Å²) in [7, 11) is 0. The summed E-state index contributed by atoms with van der Waals surface area (Å²) < 4.78 is 0. The quantitative estimate of drug-likeness (QED) is 0.509. The van der Waals surface area contributed by atoms with E-state index in [-0.39, 0.29) is 11.2 Å². The topological polar surface area (TPSA) is 39.3 Å². The van der Waals surface area contributed by atoms with Gasteiger partial charge in [0, 0.05) is 58.0 Å². The molecule has 6 rings (SSSR count). The lowest BCUT2D eigenvalue weighted by atomic mass is 9.70. The zero-order valence-corrected chi connectivity index (χ0v) is 21.2. The zero-order chi connectivity index (χ0) is 24.3. The molecular formula is C31H35N3O. The van der Waals surface area contributed by atoms with E-state index < -0.39 is 0 Å². The van der Waals surface area contributed by atoms with Crippen molar-refractivity contribution in [2.45, 2.75) is 64.3 Å². The molecule has 0 unspecified atom stereocenters. The van der Waals surface area contributed by atoms with Crippen LogP contribution < -0.4 is 4.90 Å². The molecule has 2 aliphatic heterocycles. The van der Waals surface area contributed by atoms with Crippen LogP contribution >= 0.6 is 0 Å². The second-order valence-corrected chi connectivity index (χ2v) is 11.1. The molecule has 4 nitrogen and oxygen atoms in total. The van der Waals surface area contributed by atoms with Gasteiger partial charge in [-0.15, -0.1) is 6.42 Å². The molecule has 2 fully saturated rings. The Kier molecular flexibility index (Phi) is 5.31. The van der Waals surface area contributed by atoms with Crippen molar-refractivity contribution in [3.8, 4) is 12.3 Å². The molecule has 0 saturated carbocycles. The third-order valence-electron chi connectivity index (χ3n) is 8.80. The van der Waals surface area contributed by atoms with Gasteiger partial charge < -0.3 is 14.8 Å². The minimum absolute atomic E-state index is 0.128.